The largest absolute Gasteiger partial charge is 0.464 e. The number of nitrogens with one attached hydrogen (secondary N) is 2. The molecule has 1 aromatic heterocycles. The Morgan fingerprint density at radius 3 is 2.82 bits per heavy atom. The number of likely N-dealkylation sites (tertiary alicyclic amines) is 1. The predicted octanol–water partition coefficient (Wildman–Crippen LogP) is 4.92. The van der Waals surface area contributed by atoms with Crippen molar-refractivity contribution < 1.29 is 23.5 Å². The molecule has 0 aliphatic carbocycles. The zero-order valence-corrected chi connectivity index (χ0v) is 22.4. The van der Waals surface area contributed by atoms with Crippen LogP contribution in [0.1, 0.15) is 58.0 Å². The summed E-state index contributed by atoms with van der Waals surface area (Å²) in [6, 6.07) is 2.19. The topological polar surface area (TPSA) is 109 Å². The summed E-state index contributed by atoms with van der Waals surface area (Å²) in [4.78, 5) is 39.3. The van der Waals surface area contributed by atoms with Crippen molar-refractivity contribution in [2.24, 2.45) is 10.9 Å². The minimum atomic E-state index is -0.721. The standard InChI is InChI=1S/C28H34FN5O4/c1-7-9-16(4)26-31-17(5)23-19(29)12-18(13-22(23)38-26)20-14-30-25(32-20)21-10-8-11-34(21)27(35)24(15(2)3)33-28(36)37-6/h7,9,12-15,21,24,26H,1,8,10-11H2,2-6H3,(H,30,32)(H,33,36). The number of carbonyl (C=O) groups excluding carboxylic acids is 2. The van der Waals surface area contributed by atoms with E-state index in [9.17, 15) is 9.59 Å². The molecule has 2 aliphatic heterocycles. The maximum Gasteiger partial charge on any atom is 0.407 e. The molecule has 2 aromatic rings. The number of aromatic amines is 1. The summed E-state index contributed by atoms with van der Waals surface area (Å²) < 4.78 is 25.9. The molecule has 38 heavy (non-hydrogen) atoms. The third-order valence-corrected chi connectivity index (χ3v) is 6.89. The highest BCUT2D eigenvalue weighted by Crippen LogP contribution is 2.36. The van der Waals surface area contributed by atoms with Crippen molar-refractivity contribution in [3.63, 3.8) is 0 Å². The quantitative estimate of drug-likeness (QED) is 0.501. The number of imidazole rings is 1. The monoisotopic (exact) mass is 523 g/mol. The number of aromatic nitrogens is 2. The van der Waals surface area contributed by atoms with E-state index in [2.05, 4.69) is 26.9 Å². The van der Waals surface area contributed by atoms with Crippen LogP contribution in [0.3, 0.4) is 0 Å². The summed E-state index contributed by atoms with van der Waals surface area (Å²) in [5.74, 6) is 0.241. The van der Waals surface area contributed by atoms with Gasteiger partial charge in [0.25, 0.3) is 0 Å². The maximum atomic E-state index is 15.2. The van der Waals surface area contributed by atoms with Crippen LogP contribution in [0.4, 0.5) is 9.18 Å². The molecule has 3 atom stereocenters. The van der Waals surface area contributed by atoms with Gasteiger partial charge in [0, 0.05) is 12.1 Å². The second kappa shape index (κ2) is 11.2. The van der Waals surface area contributed by atoms with E-state index in [0.717, 1.165) is 18.4 Å². The molecule has 1 saturated heterocycles. The molecular formula is C28H34FN5O4. The van der Waals surface area contributed by atoms with Crippen molar-refractivity contribution in [3.8, 4) is 17.0 Å². The maximum absolute atomic E-state index is 15.2. The van der Waals surface area contributed by atoms with Gasteiger partial charge in [0.1, 0.15) is 23.4 Å². The van der Waals surface area contributed by atoms with Crippen molar-refractivity contribution in [2.45, 2.75) is 58.8 Å². The highest BCUT2D eigenvalue weighted by molar-refractivity contribution is 6.02. The first-order chi connectivity index (χ1) is 18.1. The molecule has 2 amide bonds. The van der Waals surface area contributed by atoms with Gasteiger partial charge in [-0.05, 0) is 50.3 Å². The number of H-pyrrole nitrogens is 1. The molecule has 0 bridgehead atoms. The van der Waals surface area contributed by atoms with Crippen LogP contribution in [0.2, 0.25) is 0 Å². The summed E-state index contributed by atoms with van der Waals surface area (Å²) >= 11 is 0. The Balaban J connectivity index is 1.60. The molecule has 202 valence electrons. The third kappa shape index (κ3) is 5.34. The second-order valence-corrected chi connectivity index (χ2v) is 9.89. The molecule has 0 saturated carbocycles. The minimum absolute atomic E-state index is 0.130. The lowest BCUT2D eigenvalue weighted by Crippen LogP contribution is -2.51. The van der Waals surface area contributed by atoms with Gasteiger partial charge in [-0.15, -0.1) is 0 Å². The molecule has 0 radical (unpaired) electrons. The molecule has 9 nitrogen and oxygen atoms in total. The molecule has 0 spiro atoms. The Morgan fingerprint density at radius 2 is 2.13 bits per heavy atom. The first kappa shape index (κ1) is 27.1. The number of alkyl carbamates (subject to hydrolysis) is 1. The van der Waals surface area contributed by atoms with Crippen molar-refractivity contribution in [1.82, 2.24) is 20.2 Å². The van der Waals surface area contributed by atoms with Gasteiger partial charge in [0.05, 0.1) is 36.3 Å². The van der Waals surface area contributed by atoms with Crippen molar-refractivity contribution >= 4 is 17.7 Å². The second-order valence-electron chi connectivity index (χ2n) is 9.89. The van der Waals surface area contributed by atoms with Crippen LogP contribution in [-0.2, 0) is 9.53 Å². The van der Waals surface area contributed by atoms with Crippen LogP contribution >= 0.6 is 0 Å². The SMILES string of the molecule is C=CC=C(C)C1N=C(C)c2c(F)cc(-c3cnc(C4CCCN4C(=O)C(NC(=O)OC)C(C)C)[nH]3)cc2O1. The van der Waals surface area contributed by atoms with E-state index in [0.29, 0.717) is 40.7 Å². The molecule has 1 fully saturated rings. The van der Waals surface area contributed by atoms with E-state index in [1.54, 1.807) is 30.2 Å². The number of hydrogen-bond donors (Lipinski definition) is 2. The lowest BCUT2D eigenvalue weighted by Gasteiger charge is -2.30. The van der Waals surface area contributed by atoms with Crippen molar-refractivity contribution in [1.29, 1.82) is 0 Å². The predicted molar refractivity (Wildman–Crippen MR) is 142 cm³/mol. The first-order valence-electron chi connectivity index (χ1n) is 12.7. The Morgan fingerprint density at radius 1 is 1.37 bits per heavy atom. The van der Waals surface area contributed by atoms with Gasteiger partial charge in [-0.2, -0.15) is 0 Å². The molecule has 2 aliphatic rings. The highest BCUT2D eigenvalue weighted by atomic mass is 19.1. The number of ether oxygens (including phenoxy) is 2. The number of hydrogen-bond acceptors (Lipinski definition) is 6. The van der Waals surface area contributed by atoms with Crippen LogP contribution in [0.15, 0.2) is 47.6 Å². The van der Waals surface area contributed by atoms with E-state index in [1.165, 1.54) is 13.2 Å². The van der Waals surface area contributed by atoms with Gasteiger partial charge in [0.2, 0.25) is 12.1 Å². The number of aliphatic imine (C=N–C) groups is 1. The van der Waals surface area contributed by atoms with E-state index in [4.69, 9.17) is 9.47 Å². The van der Waals surface area contributed by atoms with Crippen LogP contribution in [0.5, 0.6) is 5.75 Å². The molecule has 10 heteroatoms. The van der Waals surface area contributed by atoms with Gasteiger partial charge in [-0.3, -0.25) is 4.79 Å². The summed E-state index contributed by atoms with van der Waals surface area (Å²) in [5, 5.41) is 2.65. The van der Waals surface area contributed by atoms with Crippen molar-refractivity contribution in [3.05, 3.63) is 59.8 Å². The molecule has 2 N–H and O–H groups in total. The minimum Gasteiger partial charge on any atom is -0.464 e. The summed E-state index contributed by atoms with van der Waals surface area (Å²) in [7, 11) is 1.27. The lowest BCUT2D eigenvalue weighted by atomic mass is 10.0. The van der Waals surface area contributed by atoms with Gasteiger partial charge in [0.15, 0.2) is 0 Å². The summed E-state index contributed by atoms with van der Waals surface area (Å²) in [6.07, 6.45) is 5.42. The number of allylic oxidation sites excluding steroid dienone is 2. The third-order valence-electron chi connectivity index (χ3n) is 6.89. The number of halogens is 1. The normalized spacial score (nSPS) is 19.9. The van der Waals surface area contributed by atoms with Gasteiger partial charge in [-0.25, -0.2) is 19.2 Å². The van der Waals surface area contributed by atoms with E-state index in [-0.39, 0.29) is 17.9 Å². The van der Waals surface area contributed by atoms with E-state index in [1.807, 2.05) is 26.8 Å². The van der Waals surface area contributed by atoms with Crippen LogP contribution in [0, 0.1) is 11.7 Å². The van der Waals surface area contributed by atoms with Crippen LogP contribution in [0.25, 0.3) is 11.3 Å². The number of methoxy groups -OCH3 is 1. The fraction of sp³-hybridized carbons (Fsp3) is 0.429. The Bertz CT molecular complexity index is 1300. The average molecular weight is 524 g/mol. The lowest BCUT2D eigenvalue weighted by molar-refractivity contribution is -0.135. The highest BCUT2D eigenvalue weighted by Gasteiger charge is 2.37. The van der Waals surface area contributed by atoms with E-state index < -0.39 is 24.2 Å². The molecule has 1 aromatic carbocycles. The number of rotatable bonds is 7. The zero-order valence-electron chi connectivity index (χ0n) is 22.4. The Hall–Kier alpha value is -3.95. The summed E-state index contributed by atoms with van der Waals surface area (Å²) in [6.45, 7) is 11.6. The number of carbonyl (C=O) groups is 2. The smallest absolute Gasteiger partial charge is 0.407 e. The van der Waals surface area contributed by atoms with E-state index >= 15 is 4.39 Å². The van der Waals surface area contributed by atoms with Crippen molar-refractivity contribution in [2.75, 3.05) is 13.7 Å². The fourth-order valence-corrected chi connectivity index (χ4v) is 4.88. The number of benzene rings is 1. The summed E-state index contributed by atoms with van der Waals surface area (Å²) in [5.41, 5.74) is 2.92. The van der Waals surface area contributed by atoms with Gasteiger partial charge >= 0.3 is 6.09 Å². The van der Waals surface area contributed by atoms with Gasteiger partial charge in [-0.1, -0.05) is 32.6 Å². The van der Waals surface area contributed by atoms with Crippen LogP contribution in [-0.4, -0.2) is 58.5 Å². The molecule has 4 rings (SSSR count). The van der Waals surface area contributed by atoms with Crippen LogP contribution < -0.4 is 10.1 Å². The first-order valence-corrected chi connectivity index (χ1v) is 12.7. The molecular weight excluding hydrogens is 489 g/mol. The fourth-order valence-electron chi connectivity index (χ4n) is 4.88. The number of nitrogens with zero attached hydrogens (tertiary/aromatic N) is 3. The Kier molecular flexibility index (Phi) is 7.99. The average Bonchev–Trinajstić information content (AvgIpc) is 3.56. The molecule has 3 heterocycles. The zero-order chi connectivity index (χ0) is 27.6. The van der Waals surface area contributed by atoms with Gasteiger partial charge < -0.3 is 24.7 Å². The molecule has 3 unspecified atom stereocenters. The Labute approximate surface area is 221 Å². The number of fused-ring (bicyclic) bond motifs is 1. The number of amides is 2.